The normalized spacial score (nSPS) is 15.6. The van der Waals surface area contributed by atoms with Gasteiger partial charge in [0.1, 0.15) is 5.76 Å². The molecule has 144 valence electrons. The average molecular weight is 462 g/mol. The smallest absolute Gasteiger partial charge is 0.191 e. The summed E-state index contributed by atoms with van der Waals surface area (Å²) >= 11 is 0. The summed E-state index contributed by atoms with van der Waals surface area (Å²) in [5.41, 5.74) is 0. The summed E-state index contributed by atoms with van der Waals surface area (Å²) in [4.78, 5) is 7.28. The summed E-state index contributed by atoms with van der Waals surface area (Å²) in [7, 11) is 0. The second-order valence-corrected chi connectivity index (χ2v) is 6.48. The van der Waals surface area contributed by atoms with E-state index in [-0.39, 0.29) is 24.0 Å². The van der Waals surface area contributed by atoms with Gasteiger partial charge in [-0.05, 0) is 64.4 Å². The highest BCUT2D eigenvalue weighted by Crippen LogP contribution is 2.09. The second-order valence-electron chi connectivity index (χ2n) is 6.48. The van der Waals surface area contributed by atoms with E-state index in [1.54, 1.807) is 6.26 Å². The van der Waals surface area contributed by atoms with E-state index in [9.17, 15) is 0 Å². The van der Waals surface area contributed by atoms with E-state index < -0.39 is 0 Å². The first-order chi connectivity index (χ1) is 11.9. The first-order valence-electron chi connectivity index (χ1n) is 9.65. The number of hydrogen-bond donors (Lipinski definition) is 2. The molecular formula is C19H35IN4O. The Morgan fingerprint density at radius 1 is 1.16 bits per heavy atom. The molecule has 0 saturated carbocycles. The Hall–Kier alpha value is -0.760. The second kappa shape index (κ2) is 14.4. The molecule has 25 heavy (non-hydrogen) atoms. The van der Waals surface area contributed by atoms with E-state index >= 15 is 0 Å². The number of nitrogens with zero attached hydrogens (tertiary/aromatic N) is 2. The highest BCUT2D eigenvalue weighted by atomic mass is 127. The van der Waals surface area contributed by atoms with Crippen molar-refractivity contribution in [1.82, 2.24) is 15.5 Å². The van der Waals surface area contributed by atoms with Crippen LogP contribution in [0.1, 0.15) is 51.2 Å². The van der Waals surface area contributed by atoms with Crippen molar-refractivity contribution in [3.05, 3.63) is 24.2 Å². The van der Waals surface area contributed by atoms with Crippen LogP contribution in [0.5, 0.6) is 0 Å². The van der Waals surface area contributed by atoms with Gasteiger partial charge in [0.25, 0.3) is 0 Å². The Kier molecular flexibility index (Phi) is 12.8. The standard InChI is InChI=1S/C19H34N4O.HI/c1-2-20-19(22-13-11-18-10-9-17-24-18)21-12-5-3-6-14-23-15-7-4-8-16-23;/h9-10,17H,2-8,11-16H2,1H3,(H2,20,21,22);1H. The first kappa shape index (κ1) is 22.3. The predicted molar refractivity (Wildman–Crippen MR) is 116 cm³/mol. The van der Waals surface area contributed by atoms with Gasteiger partial charge in [-0.25, -0.2) is 0 Å². The molecular weight excluding hydrogens is 427 g/mol. The maximum absolute atomic E-state index is 5.35. The molecule has 2 rings (SSSR count). The van der Waals surface area contributed by atoms with Crippen molar-refractivity contribution < 1.29 is 4.42 Å². The van der Waals surface area contributed by atoms with Gasteiger partial charge < -0.3 is 20.0 Å². The molecule has 2 heterocycles. The summed E-state index contributed by atoms with van der Waals surface area (Å²) in [6, 6.07) is 3.94. The van der Waals surface area contributed by atoms with E-state index in [0.717, 1.165) is 37.8 Å². The minimum absolute atomic E-state index is 0. The molecule has 0 spiro atoms. The highest BCUT2D eigenvalue weighted by molar-refractivity contribution is 14.0. The summed E-state index contributed by atoms with van der Waals surface area (Å²) in [5.74, 6) is 1.93. The van der Waals surface area contributed by atoms with Crippen molar-refractivity contribution in [2.45, 2.75) is 51.9 Å². The molecule has 0 bridgehead atoms. The van der Waals surface area contributed by atoms with E-state index in [4.69, 9.17) is 4.42 Å². The predicted octanol–water partition coefficient (Wildman–Crippen LogP) is 3.65. The lowest BCUT2D eigenvalue weighted by Gasteiger charge is -2.26. The van der Waals surface area contributed by atoms with E-state index in [2.05, 4.69) is 27.4 Å². The quantitative estimate of drug-likeness (QED) is 0.241. The molecule has 2 N–H and O–H groups in total. The molecule has 1 saturated heterocycles. The number of hydrogen-bond acceptors (Lipinski definition) is 3. The third-order valence-electron chi connectivity index (χ3n) is 4.44. The summed E-state index contributed by atoms with van der Waals surface area (Å²) in [6.07, 6.45) is 10.5. The van der Waals surface area contributed by atoms with Gasteiger partial charge in [0.05, 0.1) is 6.26 Å². The van der Waals surface area contributed by atoms with Crippen LogP contribution in [0, 0.1) is 0 Å². The van der Waals surface area contributed by atoms with Crippen LogP contribution in [-0.2, 0) is 6.42 Å². The lowest BCUT2D eigenvalue weighted by atomic mass is 10.1. The Bertz CT molecular complexity index is 444. The van der Waals surface area contributed by atoms with Crippen molar-refractivity contribution in [2.24, 2.45) is 4.99 Å². The molecule has 1 aliphatic heterocycles. The van der Waals surface area contributed by atoms with Gasteiger partial charge in [0, 0.05) is 26.1 Å². The number of nitrogens with one attached hydrogen (secondary N) is 2. The van der Waals surface area contributed by atoms with Crippen LogP contribution in [0.2, 0.25) is 0 Å². The van der Waals surface area contributed by atoms with E-state index in [1.165, 1.54) is 58.2 Å². The zero-order valence-corrected chi connectivity index (χ0v) is 18.0. The number of guanidine groups is 1. The molecule has 1 aliphatic rings. The van der Waals surface area contributed by atoms with Crippen LogP contribution in [0.25, 0.3) is 0 Å². The fraction of sp³-hybridized carbons (Fsp3) is 0.737. The number of rotatable bonds is 10. The van der Waals surface area contributed by atoms with E-state index in [0.29, 0.717) is 0 Å². The number of piperidine rings is 1. The van der Waals surface area contributed by atoms with Crippen molar-refractivity contribution in [3.8, 4) is 0 Å². The molecule has 0 unspecified atom stereocenters. The average Bonchev–Trinajstić information content (AvgIpc) is 3.12. The highest BCUT2D eigenvalue weighted by Gasteiger charge is 2.08. The lowest BCUT2D eigenvalue weighted by molar-refractivity contribution is 0.224. The van der Waals surface area contributed by atoms with Crippen LogP contribution < -0.4 is 10.6 Å². The third kappa shape index (κ3) is 10.1. The van der Waals surface area contributed by atoms with Gasteiger partial charge in [-0.1, -0.05) is 12.8 Å². The van der Waals surface area contributed by atoms with Gasteiger partial charge >= 0.3 is 0 Å². The summed E-state index contributed by atoms with van der Waals surface area (Å²) in [6.45, 7) is 8.62. The largest absolute Gasteiger partial charge is 0.469 e. The molecule has 0 atom stereocenters. The molecule has 0 amide bonds. The number of likely N-dealkylation sites (tertiary alicyclic amines) is 1. The molecule has 0 aromatic carbocycles. The maximum Gasteiger partial charge on any atom is 0.191 e. The van der Waals surface area contributed by atoms with Gasteiger partial charge in [0.2, 0.25) is 0 Å². The topological polar surface area (TPSA) is 52.8 Å². The summed E-state index contributed by atoms with van der Waals surface area (Å²) < 4.78 is 5.35. The van der Waals surface area contributed by atoms with Gasteiger partial charge in [-0.2, -0.15) is 0 Å². The van der Waals surface area contributed by atoms with Crippen LogP contribution in [0.3, 0.4) is 0 Å². The Balaban J connectivity index is 0.00000312. The number of unbranched alkanes of at least 4 members (excludes halogenated alkanes) is 2. The van der Waals surface area contributed by atoms with Crippen LogP contribution in [0.15, 0.2) is 27.8 Å². The van der Waals surface area contributed by atoms with E-state index in [1.807, 2.05) is 12.1 Å². The zero-order valence-electron chi connectivity index (χ0n) is 15.6. The van der Waals surface area contributed by atoms with Crippen molar-refractivity contribution in [1.29, 1.82) is 0 Å². The van der Waals surface area contributed by atoms with Gasteiger partial charge in [-0.15, -0.1) is 24.0 Å². The van der Waals surface area contributed by atoms with Crippen LogP contribution in [0.4, 0.5) is 0 Å². The van der Waals surface area contributed by atoms with Crippen LogP contribution >= 0.6 is 24.0 Å². The van der Waals surface area contributed by atoms with Crippen molar-refractivity contribution in [2.75, 3.05) is 39.3 Å². The Morgan fingerprint density at radius 2 is 2.00 bits per heavy atom. The zero-order chi connectivity index (χ0) is 16.9. The molecule has 1 aromatic rings. The molecule has 0 radical (unpaired) electrons. The minimum Gasteiger partial charge on any atom is -0.469 e. The maximum atomic E-state index is 5.35. The third-order valence-corrected chi connectivity index (χ3v) is 4.44. The number of halogens is 1. The Labute approximate surface area is 170 Å². The molecule has 5 nitrogen and oxygen atoms in total. The summed E-state index contributed by atoms with van der Waals surface area (Å²) in [5, 5.41) is 6.68. The minimum atomic E-state index is 0. The molecule has 0 aliphatic carbocycles. The van der Waals surface area contributed by atoms with Crippen LogP contribution in [-0.4, -0.2) is 50.1 Å². The first-order valence-corrected chi connectivity index (χ1v) is 9.65. The van der Waals surface area contributed by atoms with Crippen molar-refractivity contribution in [3.63, 3.8) is 0 Å². The molecule has 6 heteroatoms. The lowest BCUT2D eigenvalue weighted by Crippen LogP contribution is -2.38. The molecule has 1 fully saturated rings. The van der Waals surface area contributed by atoms with Gasteiger partial charge in [0.15, 0.2) is 5.96 Å². The SMILES string of the molecule is CCNC(=NCCCCCN1CCCCC1)NCCc1ccco1.I. The monoisotopic (exact) mass is 462 g/mol. The number of aliphatic imine (C=N–C) groups is 1. The Morgan fingerprint density at radius 3 is 2.72 bits per heavy atom. The fourth-order valence-corrected chi connectivity index (χ4v) is 3.10. The fourth-order valence-electron chi connectivity index (χ4n) is 3.10. The van der Waals surface area contributed by atoms with Crippen molar-refractivity contribution >= 4 is 29.9 Å². The molecule has 1 aromatic heterocycles. The van der Waals surface area contributed by atoms with Gasteiger partial charge in [-0.3, -0.25) is 4.99 Å². The number of furan rings is 1.